The number of aromatic nitrogens is 2. The molecule has 1 aromatic heterocycles. The van der Waals surface area contributed by atoms with E-state index in [1.807, 2.05) is 4.90 Å². The monoisotopic (exact) mass is 348 g/mol. The Balaban J connectivity index is 1.62. The first kappa shape index (κ1) is 16.4. The van der Waals surface area contributed by atoms with Crippen LogP contribution in [0.5, 0.6) is 0 Å². The van der Waals surface area contributed by atoms with E-state index in [9.17, 15) is 14.9 Å². The quantitative estimate of drug-likeness (QED) is 0.465. The number of carbonyl (C=O) groups excluding carboxylic acids is 1. The number of likely N-dealkylation sites (tertiary alicyclic amines) is 1. The Bertz CT molecular complexity index is 743. The number of non-ortho nitro benzene ring substituents is 1. The lowest BCUT2D eigenvalue weighted by Crippen LogP contribution is -2.36. The summed E-state index contributed by atoms with van der Waals surface area (Å²) in [6, 6.07) is 5.99. The Labute approximate surface area is 142 Å². The number of thioether (sulfide) groups is 1. The van der Waals surface area contributed by atoms with Gasteiger partial charge in [-0.25, -0.2) is 0 Å². The minimum Gasteiger partial charge on any atom is -0.411 e. The van der Waals surface area contributed by atoms with E-state index in [1.54, 1.807) is 12.1 Å². The number of hydrogen-bond donors (Lipinski definition) is 0. The third kappa shape index (κ3) is 3.91. The van der Waals surface area contributed by atoms with Crippen LogP contribution in [0.4, 0.5) is 5.69 Å². The highest BCUT2D eigenvalue weighted by Crippen LogP contribution is 2.26. The number of hydrogen-bond acceptors (Lipinski definition) is 7. The van der Waals surface area contributed by atoms with E-state index in [-0.39, 0.29) is 28.5 Å². The average molecular weight is 348 g/mol. The molecule has 1 saturated heterocycles. The average Bonchev–Trinajstić information content (AvgIpc) is 3.09. The van der Waals surface area contributed by atoms with Crippen LogP contribution < -0.4 is 0 Å². The third-order valence-electron chi connectivity index (χ3n) is 3.74. The molecule has 0 bridgehead atoms. The largest absolute Gasteiger partial charge is 0.411 e. The van der Waals surface area contributed by atoms with E-state index in [1.165, 1.54) is 30.3 Å². The van der Waals surface area contributed by atoms with Crippen molar-refractivity contribution >= 4 is 23.4 Å². The molecule has 0 atom stereocenters. The Morgan fingerprint density at radius 2 is 2.08 bits per heavy atom. The van der Waals surface area contributed by atoms with Gasteiger partial charge in [-0.2, -0.15) is 0 Å². The van der Waals surface area contributed by atoms with Gasteiger partial charge in [-0.1, -0.05) is 17.8 Å². The molecule has 0 unspecified atom stereocenters. The van der Waals surface area contributed by atoms with Gasteiger partial charge < -0.3 is 9.32 Å². The van der Waals surface area contributed by atoms with Crippen molar-refractivity contribution in [2.45, 2.75) is 24.5 Å². The summed E-state index contributed by atoms with van der Waals surface area (Å²) in [5.41, 5.74) is 0.436. The molecule has 1 aliphatic rings. The fraction of sp³-hybridized carbons (Fsp3) is 0.400. The first-order valence-corrected chi connectivity index (χ1v) is 8.61. The Hall–Kier alpha value is -2.42. The summed E-state index contributed by atoms with van der Waals surface area (Å²) in [7, 11) is 0. The third-order valence-corrected chi connectivity index (χ3v) is 4.54. The van der Waals surface area contributed by atoms with E-state index in [4.69, 9.17) is 4.42 Å². The minimum atomic E-state index is -0.479. The van der Waals surface area contributed by atoms with E-state index in [2.05, 4.69) is 10.2 Å². The van der Waals surface area contributed by atoms with Gasteiger partial charge in [-0.05, 0) is 25.3 Å². The predicted octanol–water partition coefficient (Wildman–Crippen LogP) is 2.75. The Morgan fingerprint density at radius 1 is 1.29 bits per heavy atom. The Kier molecular flexibility index (Phi) is 5.09. The van der Waals surface area contributed by atoms with E-state index >= 15 is 0 Å². The van der Waals surface area contributed by atoms with Gasteiger partial charge in [0.05, 0.1) is 10.7 Å². The number of rotatable bonds is 5. The smallest absolute Gasteiger partial charge is 0.277 e. The van der Waals surface area contributed by atoms with Gasteiger partial charge in [0.1, 0.15) is 0 Å². The molecule has 0 N–H and O–H groups in total. The molecule has 0 spiro atoms. The standard InChI is InChI=1S/C15H16N4O4S/c20-13(18-7-2-1-3-8-18)10-24-15-17-16-14(23-15)11-5-4-6-12(9-11)19(21)22/h4-6,9H,1-3,7-8,10H2. The van der Waals surface area contributed by atoms with Crippen LogP contribution in [-0.4, -0.2) is 44.8 Å². The summed E-state index contributed by atoms with van der Waals surface area (Å²) in [6.07, 6.45) is 3.27. The lowest BCUT2D eigenvalue weighted by molar-refractivity contribution is -0.384. The van der Waals surface area contributed by atoms with Crippen molar-refractivity contribution in [1.82, 2.24) is 15.1 Å². The van der Waals surface area contributed by atoms with Gasteiger partial charge in [0.25, 0.3) is 10.9 Å². The fourth-order valence-electron chi connectivity index (χ4n) is 2.50. The number of amides is 1. The zero-order valence-electron chi connectivity index (χ0n) is 12.9. The van der Waals surface area contributed by atoms with Gasteiger partial charge in [-0.3, -0.25) is 14.9 Å². The highest BCUT2D eigenvalue weighted by molar-refractivity contribution is 7.99. The summed E-state index contributed by atoms with van der Waals surface area (Å²) < 4.78 is 5.49. The summed E-state index contributed by atoms with van der Waals surface area (Å²) in [5, 5.41) is 18.9. The summed E-state index contributed by atoms with van der Waals surface area (Å²) in [4.78, 5) is 24.3. The van der Waals surface area contributed by atoms with Crippen LogP contribution >= 0.6 is 11.8 Å². The van der Waals surface area contributed by atoms with E-state index in [0.29, 0.717) is 5.56 Å². The van der Waals surface area contributed by atoms with Gasteiger partial charge in [0.2, 0.25) is 11.8 Å². The van der Waals surface area contributed by atoms with E-state index < -0.39 is 4.92 Å². The summed E-state index contributed by atoms with van der Waals surface area (Å²) >= 11 is 1.18. The Morgan fingerprint density at radius 3 is 2.83 bits per heavy atom. The van der Waals surface area contributed by atoms with Crippen molar-refractivity contribution in [1.29, 1.82) is 0 Å². The van der Waals surface area contributed by atoms with E-state index in [0.717, 1.165) is 25.9 Å². The minimum absolute atomic E-state index is 0.0415. The number of nitrogens with zero attached hydrogens (tertiary/aromatic N) is 4. The summed E-state index contributed by atoms with van der Waals surface area (Å²) in [6.45, 7) is 1.62. The first-order chi connectivity index (χ1) is 11.6. The first-order valence-electron chi connectivity index (χ1n) is 7.62. The number of carbonyl (C=O) groups is 1. The zero-order valence-corrected chi connectivity index (χ0v) is 13.7. The maximum Gasteiger partial charge on any atom is 0.277 e. The van der Waals surface area contributed by atoms with Crippen LogP contribution in [0.3, 0.4) is 0 Å². The predicted molar refractivity (Wildman–Crippen MR) is 87.5 cm³/mol. The molecule has 0 aliphatic carbocycles. The van der Waals surface area contributed by atoms with Crippen LogP contribution in [0, 0.1) is 10.1 Å². The van der Waals surface area contributed by atoms with Crippen molar-refractivity contribution in [3.05, 3.63) is 34.4 Å². The van der Waals surface area contributed by atoms with Crippen LogP contribution in [0.15, 0.2) is 33.9 Å². The SMILES string of the molecule is O=C(CSc1nnc(-c2cccc([N+](=O)[O-])c2)o1)N1CCCCC1. The van der Waals surface area contributed by atoms with Crippen LogP contribution in [0.1, 0.15) is 19.3 Å². The lowest BCUT2D eigenvalue weighted by atomic mass is 10.1. The number of nitro groups is 1. The van der Waals surface area contributed by atoms with Crippen molar-refractivity contribution < 1.29 is 14.1 Å². The van der Waals surface area contributed by atoms with Gasteiger partial charge in [-0.15, -0.1) is 10.2 Å². The molecule has 9 heteroatoms. The number of piperidine rings is 1. The molecule has 3 rings (SSSR count). The molecule has 2 aromatic rings. The highest BCUT2D eigenvalue weighted by atomic mass is 32.2. The molecule has 0 radical (unpaired) electrons. The molecule has 2 heterocycles. The molecule has 126 valence electrons. The van der Waals surface area contributed by atoms with Gasteiger partial charge >= 0.3 is 0 Å². The van der Waals surface area contributed by atoms with Gasteiger partial charge in [0, 0.05) is 30.8 Å². The number of benzene rings is 1. The second kappa shape index (κ2) is 7.43. The van der Waals surface area contributed by atoms with Crippen molar-refractivity contribution in [2.75, 3.05) is 18.8 Å². The molecule has 8 nitrogen and oxygen atoms in total. The number of nitro benzene ring substituents is 1. The molecule has 24 heavy (non-hydrogen) atoms. The van der Waals surface area contributed by atoms with Crippen molar-refractivity contribution in [3.63, 3.8) is 0 Å². The molecule has 1 amide bonds. The maximum absolute atomic E-state index is 12.1. The molecule has 1 fully saturated rings. The zero-order chi connectivity index (χ0) is 16.9. The van der Waals surface area contributed by atoms with Crippen LogP contribution in [-0.2, 0) is 4.79 Å². The topological polar surface area (TPSA) is 102 Å². The van der Waals surface area contributed by atoms with Crippen LogP contribution in [0.2, 0.25) is 0 Å². The van der Waals surface area contributed by atoms with Crippen LogP contribution in [0.25, 0.3) is 11.5 Å². The molecule has 0 saturated carbocycles. The summed E-state index contributed by atoms with van der Waals surface area (Å²) in [5.74, 6) is 0.512. The normalized spacial score (nSPS) is 14.6. The second-order valence-electron chi connectivity index (χ2n) is 5.41. The second-order valence-corrected chi connectivity index (χ2v) is 6.34. The van der Waals surface area contributed by atoms with Crippen molar-refractivity contribution in [2.24, 2.45) is 0 Å². The molecule has 1 aliphatic heterocycles. The maximum atomic E-state index is 12.1. The fourth-order valence-corrected chi connectivity index (χ4v) is 3.16. The highest BCUT2D eigenvalue weighted by Gasteiger charge is 2.18. The molecular formula is C15H16N4O4S. The molecule has 1 aromatic carbocycles. The van der Waals surface area contributed by atoms with Gasteiger partial charge in [0.15, 0.2) is 0 Å². The molecular weight excluding hydrogens is 332 g/mol. The lowest BCUT2D eigenvalue weighted by Gasteiger charge is -2.26. The van der Waals surface area contributed by atoms with Crippen molar-refractivity contribution in [3.8, 4) is 11.5 Å².